The summed E-state index contributed by atoms with van der Waals surface area (Å²) in [4.78, 5) is 37.5. The first-order valence-electron chi connectivity index (χ1n) is 6.69. The standard InChI is InChI=1S/C14H11ClFN5O4/c1-20(12-5-3-9(7-17-12)21(24)25)19-14(23)18-13(22)8-2-4-11(16)10(15)6-8/h2-7H,1H3,(H2,18,19,22,23). The van der Waals surface area contributed by atoms with E-state index in [1.165, 1.54) is 25.2 Å². The van der Waals surface area contributed by atoms with Gasteiger partial charge in [0.1, 0.15) is 17.8 Å². The fourth-order valence-electron chi connectivity index (χ4n) is 1.73. The minimum Gasteiger partial charge on any atom is -0.273 e. The predicted molar refractivity (Wildman–Crippen MR) is 86.7 cm³/mol. The molecule has 0 aliphatic carbocycles. The van der Waals surface area contributed by atoms with Gasteiger partial charge < -0.3 is 0 Å². The summed E-state index contributed by atoms with van der Waals surface area (Å²) in [6, 6.07) is 4.91. The van der Waals surface area contributed by atoms with Crippen molar-refractivity contribution in [3.63, 3.8) is 0 Å². The van der Waals surface area contributed by atoms with Gasteiger partial charge in [-0.05, 0) is 24.3 Å². The van der Waals surface area contributed by atoms with Crippen LogP contribution in [0.2, 0.25) is 5.02 Å². The molecule has 2 rings (SSSR count). The number of urea groups is 1. The predicted octanol–water partition coefficient (Wildman–Crippen LogP) is 2.27. The van der Waals surface area contributed by atoms with Gasteiger partial charge in [0, 0.05) is 18.7 Å². The van der Waals surface area contributed by atoms with Gasteiger partial charge in [-0.1, -0.05) is 11.6 Å². The number of aromatic nitrogens is 1. The zero-order valence-electron chi connectivity index (χ0n) is 12.7. The van der Waals surface area contributed by atoms with Gasteiger partial charge in [0.2, 0.25) is 0 Å². The molecule has 0 bridgehead atoms. The Kier molecular flexibility index (Phi) is 5.45. The summed E-state index contributed by atoms with van der Waals surface area (Å²) in [5.74, 6) is -1.27. The Hall–Kier alpha value is -3.27. The van der Waals surface area contributed by atoms with Crippen molar-refractivity contribution in [1.29, 1.82) is 0 Å². The molecule has 2 aromatic rings. The van der Waals surface area contributed by atoms with Gasteiger partial charge in [0.25, 0.3) is 11.6 Å². The van der Waals surface area contributed by atoms with Crippen LogP contribution in [0.3, 0.4) is 0 Å². The highest BCUT2D eigenvalue weighted by molar-refractivity contribution is 6.31. The molecule has 0 aliphatic heterocycles. The van der Waals surface area contributed by atoms with E-state index in [2.05, 4.69) is 10.4 Å². The number of nitrogens with one attached hydrogen (secondary N) is 2. The fourth-order valence-corrected chi connectivity index (χ4v) is 1.92. The molecule has 0 unspecified atom stereocenters. The number of benzene rings is 1. The normalized spacial score (nSPS) is 10.0. The molecular weight excluding hydrogens is 357 g/mol. The highest BCUT2D eigenvalue weighted by Gasteiger charge is 2.14. The van der Waals surface area contributed by atoms with E-state index >= 15 is 0 Å². The maximum Gasteiger partial charge on any atom is 0.340 e. The van der Waals surface area contributed by atoms with Crippen molar-refractivity contribution in [3.8, 4) is 0 Å². The fraction of sp³-hybridized carbons (Fsp3) is 0.0714. The molecule has 1 heterocycles. The monoisotopic (exact) mass is 367 g/mol. The van der Waals surface area contributed by atoms with Crippen molar-refractivity contribution >= 4 is 35.0 Å². The minimum absolute atomic E-state index is 0.00216. The summed E-state index contributed by atoms with van der Waals surface area (Å²) < 4.78 is 13.1. The van der Waals surface area contributed by atoms with E-state index in [0.717, 1.165) is 23.3 Å². The van der Waals surface area contributed by atoms with Crippen molar-refractivity contribution in [2.75, 3.05) is 12.1 Å². The molecule has 2 N–H and O–H groups in total. The first kappa shape index (κ1) is 18.1. The quantitative estimate of drug-likeness (QED) is 0.632. The molecule has 11 heteroatoms. The number of hydrogen-bond acceptors (Lipinski definition) is 6. The molecule has 3 amide bonds. The van der Waals surface area contributed by atoms with Crippen LogP contribution in [0.1, 0.15) is 10.4 Å². The van der Waals surface area contributed by atoms with Gasteiger partial charge in [-0.15, -0.1) is 0 Å². The second kappa shape index (κ2) is 7.53. The molecule has 0 saturated carbocycles. The average molecular weight is 368 g/mol. The van der Waals surface area contributed by atoms with Crippen LogP contribution in [0.4, 0.5) is 20.7 Å². The lowest BCUT2D eigenvalue weighted by molar-refractivity contribution is -0.385. The second-order valence-corrected chi connectivity index (χ2v) is 5.12. The van der Waals surface area contributed by atoms with Gasteiger partial charge in [-0.2, -0.15) is 0 Å². The topological polar surface area (TPSA) is 117 Å². The van der Waals surface area contributed by atoms with Crippen LogP contribution in [0.25, 0.3) is 0 Å². The van der Waals surface area contributed by atoms with Crippen LogP contribution in [0.5, 0.6) is 0 Å². The van der Waals surface area contributed by atoms with E-state index in [1.807, 2.05) is 5.32 Å². The van der Waals surface area contributed by atoms with Crippen LogP contribution >= 0.6 is 11.6 Å². The second-order valence-electron chi connectivity index (χ2n) is 4.71. The number of carbonyl (C=O) groups is 2. The van der Waals surface area contributed by atoms with Gasteiger partial charge in [-0.3, -0.25) is 25.2 Å². The first-order chi connectivity index (χ1) is 11.8. The Morgan fingerprint density at radius 1 is 1.32 bits per heavy atom. The molecule has 0 saturated heterocycles. The lowest BCUT2D eigenvalue weighted by atomic mass is 10.2. The van der Waals surface area contributed by atoms with E-state index in [4.69, 9.17) is 11.6 Å². The summed E-state index contributed by atoms with van der Waals surface area (Å²) >= 11 is 5.57. The van der Waals surface area contributed by atoms with E-state index in [1.54, 1.807) is 0 Å². The van der Waals surface area contributed by atoms with Crippen molar-refractivity contribution in [1.82, 2.24) is 15.7 Å². The molecular formula is C14H11ClFN5O4. The lowest BCUT2D eigenvalue weighted by Crippen LogP contribution is -2.47. The first-order valence-corrected chi connectivity index (χ1v) is 7.07. The number of imide groups is 1. The largest absolute Gasteiger partial charge is 0.340 e. The Morgan fingerprint density at radius 2 is 2.04 bits per heavy atom. The Balaban J connectivity index is 1.97. The number of halogens is 2. The number of anilines is 1. The maximum absolute atomic E-state index is 13.1. The zero-order chi connectivity index (χ0) is 18.6. The van der Waals surface area contributed by atoms with Crippen LogP contribution in [0, 0.1) is 15.9 Å². The number of carbonyl (C=O) groups excluding carboxylic acids is 2. The van der Waals surface area contributed by atoms with E-state index in [-0.39, 0.29) is 22.1 Å². The van der Waals surface area contributed by atoms with Crippen molar-refractivity contribution in [2.45, 2.75) is 0 Å². The number of amides is 3. The van der Waals surface area contributed by atoms with Crippen molar-refractivity contribution < 1.29 is 18.9 Å². The molecule has 0 fully saturated rings. The van der Waals surface area contributed by atoms with Crippen molar-refractivity contribution in [3.05, 3.63) is 63.0 Å². The molecule has 0 radical (unpaired) electrons. The summed E-state index contributed by atoms with van der Waals surface area (Å²) in [6.45, 7) is 0. The van der Waals surface area contributed by atoms with E-state index < -0.39 is 22.7 Å². The Labute approximate surface area is 145 Å². The summed E-state index contributed by atoms with van der Waals surface area (Å²) in [7, 11) is 1.42. The van der Waals surface area contributed by atoms with Crippen LogP contribution in [-0.2, 0) is 0 Å². The number of hydrazine groups is 1. The van der Waals surface area contributed by atoms with Crippen molar-refractivity contribution in [2.24, 2.45) is 0 Å². The highest BCUT2D eigenvalue weighted by atomic mass is 35.5. The average Bonchev–Trinajstić information content (AvgIpc) is 2.57. The highest BCUT2D eigenvalue weighted by Crippen LogP contribution is 2.16. The zero-order valence-corrected chi connectivity index (χ0v) is 13.5. The number of nitro groups is 1. The molecule has 1 aromatic heterocycles. The number of nitrogens with zero attached hydrogens (tertiary/aromatic N) is 3. The maximum atomic E-state index is 13.1. The molecule has 9 nitrogen and oxygen atoms in total. The Morgan fingerprint density at radius 3 is 2.60 bits per heavy atom. The molecule has 1 aromatic carbocycles. The van der Waals surface area contributed by atoms with E-state index in [9.17, 15) is 24.1 Å². The van der Waals surface area contributed by atoms with Crippen LogP contribution < -0.4 is 15.8 Å². The molecule has 0 atom stereocenters. The lowest BCUT2D eigenvalue weighted by Gasteiger charge is -2.18. The third kappa shape index (κ3) is 4.61. The van der Waals surface area contributed by atoms with E-state index in [0.29, 0.717) is 0 Å². The van der Waals surface area contributed by atoms with Crippen LogP contribution in [0.15, 0.2) is 36.5 Å². The number of pyridine rings is 1. The molecule has 130 valence electrons. The third-order valence-corrected chi connectivity index (χ3v) is 3.25. The number of hydrogen-bond donors (Lipinski definition) is 2. The SMILES string of the molecule is CN(NC(=O)NC(=O)c1ccc(F)c(Cl)c1)c1ccc([N+](=O)[O-])cn1. The third-order valence-electron chi connectivity index (χ3n) is 2.96. The molecule has 0 aliphatic rings. The number of rotatable bonds is 4. The molecule has 25 heavy (non-hydrogen) atoms. The smallest absolute Gasteiger partial charge is 0.273 e. The summed E-state index contributed by atoms with van der Waals surface area (Å²) in [6.07, 6.45) is 1.02. The van der Waals surface area contributed by atoms with Gasteiger partial charge in [0.05, 0.1) is 9.95 Å². The van der Waals surface area contributed by atoms with Gasteiger partial charge >= 0.3 is 6.03 Å². The molecule has 0 spiro atoms. The van der Waals surface area contributed by atoms with Crippen LogP contribution in [-0.4, -0.2) is 28.9 Å². The van der Waals surface area contributed by atoms with Gasteiger partial charge in [0.15, 0.2) is 0 Å². The summed E-state index contributed by atoms with van der Waals surface area (Å²) in [5, 5.41) is 13.5. The Bertz CT molecular complexity index is 830. The minimum atomic E-state index is -0.881. The van der Waals surface area contributed by atoms with Gasteiger partial charge in [-0.25, -0.2) is 19.6 Å². The summed E-state index contributed by atoms with van der Waals surface area (Å²) in [5.41, 5.74) is 2.09.